The highest BCUT2D eigenvalue weighted by molar-refractivity contribution is 6.42. The van der Waals surface area contributed by atoms with Crippen LogP contribution in [-0.2, 0) is 6.54 Å². The molecule has 0 saturated heterocycles. The molecule has 0 bridgehead atoms. The van der Waals surface area contributed by atoms with Crippen molar-refractivity contribution in [1.29, 1.82) is 0 Å². The second kappa shape index (κ2) is 5.92. The number of anilines is 1. The zero-order valence-electron chi connectivity index (χ0n) is 11.5. The number of hydrogen-bond donors (Lipinski definition) is 1. The molecule has 0 spiro atoms. The number of rotatable bonds is 3. The lowest BCUT2D eigenvalue weighted by molar-refractivity contribution is 1.15. The maximum absolute atomic E-state index is 6.22. The van der Waals surface area contributed by atoms with Crippen LogP contribution >= 0.6 is 23.2 Å². The van der Waals surface area contributed by atoms with Gasteiger partial charge in [0.15, 0.2) is 0 Å². The van der Waals surface area contributed by atoms with Crippen LogP contribution in [0.5, 0.6) is 0 Å². The molecule has 0 atom stereocenters. The van der Waals surface area contributed by atoms with Crippen LogP contribution in [0.4, 0.5) is 5.69 Å². The maximum atomic E-state index is 6.22. The van der Waals surface area contributed by atoms with E-state index in [2.05, 4.69) is 22.4 Å². The van der Waals surface area contributed by atoms with E-state index in [1.165, 1.54) is 0 Å². The molecule has 21 heavy (non-hydrogen) atoms. The summed E-state index contributed by atoms with van der Waals surface area (Å²) in [6, 6.07) is 15.8. The average molecular weight is 317 g/mol. The van der Waals surface area contributed by atoms with Crippen molar-refractivity contribution in [3.05, 3.63) is 69.8 Å². The zero-order chi connectivity index (χ0) is 14.8. The van der Waals surface area contributed by atoms with E-state index in [9.17, 15) is 0 Å². The number of aromatic nitrogens is 1. The third-order valence-electron chi connectivity index (χ3n) is 3.36. The first-order valence-corrected chi connectivity index (χ1v) is 7.44. The first kappa shape index (κ1) is 14.2. The van der Waals surface area contributed by atoms with Crippen LogP contribution < -0.4 is 5.32 Å². The van der Waals surface area contributed by atoms with E-state index in [1.54, 1.807) is 6.07 Å². The van der Waals surface area contributed by atoms with Gasteiger partial charge in [0.25, 0.3) is 0 Å². The Bertz CT molecular complexity index is 800. The Kier molecular flexibility index (Phi) is 4.00. The minimum atomic E-state index is 0.572. The molecule has 1 aromatic heterocycles. The summed E-state index contributed by atoms with van der Waals surface area (Å²) in [6.45, 7) is 2.60. The van der Waals surface area contributed by atoms with Gasteiger partial charge in [-0.2, -0.15) is 0 Å². The summed E-state index contributed by atoms with van der Waals surface area (Å²) in [7, 11) is 0. The maximum Gasteiger partial charge on any atom is 0.0936 e. The van der Waals surface area contributed by atoms with Crippen molar-refractivity contribution in [2.45, 2.75) is 13.5 Å². The highest BCUT2D eigenvalue weighted by Gasteiger charge is 2.06. The van der Waals surface area contributed by atoms with Crippen molar-refractivity contribution in [2.24, 2.45) is 0 Å². The first-order valence-electron chi connectivity index (χ1n) is 6.68. The number of aryl methyl sites for hydroxylation is 1. The number of nitrogens with zero attached hydrogens (tertiary/aromatic N) is 1. The average Bonchev–Trinajstić information content (AvgIpc) is 2.49. The van der Waals surface area contributed by atoms with E-state index in [0.717, 1.165) is 27.8 Å². The van der Waals surface area contributed by atoms with Crippen LogP contribution in [0, 0.1) is 6.92 Å². The molecule has 0 saturated carbocycles. The van der Waals surface area contributed by atoms with Gasteiger partial charge in [-0.05, 0) is 30.7 Å². The largest absolute Gasteiger partial charge is 0.379 e. The van der Waals surface area contributed by atoms with Crippen molar-refractivity contribution in [2.75, 3.05) is 5.32 Å². The first-order chi connectivity index (χ1) is 10.1. The van der Waals surface area contributed by atoms with E-state index in [-0.39, 0.29) is 0 Å². The normalized spacial score (nSPS) is 10.8. The molecular formula is C17H14Cl2N2. The molecule has 0 aliphatic heterocycles. The van der Waals surface area contributed by atoms with Crippen molar-refractivity contribution >= 4 is 39.8 Å². The molecule has 0 amide bonds. The Morgan fingerprint density at radius 3 is 2.67 bits per heavy atom. The van der Waals surface area contributed by atoms with Crippen molar-refractivity contribution in [3.8, 4) is 0 Å². The summed E-state index contributed by atoms with van der Waals surface area (Å²) in [5, 5.41) is 5.67. The third-order valence-corrected chi connectivity index (χ3v) is 4.22. The van der Waals surface area contributed by atoms with Crippen LogP contribution in [0.15, 0.2) is 48.5 Å². The van der Waals surface area contributed by atoms with Gasteiger partial charge >= 0.3 is 0 Å². The molecule has 0 aliphatic carbocycles. The van der Waals surface area contributed by atoms with Gasteiger partial charge < -0.3 is 5.32 Å². The minimum absolute atomic E-state index is 0.572. The predicted octanol–water partition coefficient (Wildman–Crippen LogP) is 5.46. The number of hydrogen-bond acceptors (Lipinski definition) is 2. The van der Waals surface area contributed by atoms with Gasteiger partial charge in [0.05, 0.1) is 21.2 Å². The summed E-state index contributed by atoms with van der Waals surface area (Å²) < 4.78 is 0. The monoisotopic (exact) mass is 316 g/mol. The van der Waals surface area contributed by atoms with Crippen molar-refractivity contribution in [3.63, 3.8) is 0 Å². The van der Waals surface area contributed by atoms with E-state index >= 15 is 0 Å². The highest BCUT2D eigenvalue weighted by Crippen LogP contribution is 2.27. The fraction of sp³-hybridized carbons (Fsp3) is 0.118. The predicted molar refractivity (Wildman–Crippen MR) is 90.3 cm³/mol. The van der Waals surface area contributed by atoms with Gasteiger partial charge in [0.1, 0.15) is 0 Å². The summed E-state index contributed by atoms with van der Waals surface area (Å²) >= 11 is 12.3. The molecule has 0 radical (unpaired) electrons. The molecule has 1 N–H and O–H groups in total. The lowest BCUT2D eigenvalue weighted by Crippen LogP contribution is -2.01. The number of fused-ring (bicyclic) bond motifs is 1. The van der Waals surface area contributed by atoms with E-state index < -0.39 is 0 Å². The fourth-order valence-corrected chi connectivity index (χ4v) is 2.65. The van der Waals surface area contributed by atoms with E-state index in [4.69, 9.17) is 23.2 Å². The Morgan fingerprint density at radius 1 is 1.00 bits per heavy atom. The van der Waals surface area contributed by atoms with Crippen molar-refractivity contribution in [1.82, 2.24) is 4.98 Å². The van der Waals surface area contributed by atoms with Gasteiger partial charge in [-0.1, -0.05) is 53.5 Å². The molecule has 1 heterocycles. The van der Waals surface area contributed by atoms with Gasteiger partial charge in [-0.3, -0.25) is 4.98 Å². The summed E-state index contributed by atoms with van der Waals surface area (Å²) in [6.07, 6.45) is 0. The number of halogens is 2. The molecule has 2 nitrogen and oxygen atoms in total. The summed E-state index contributed by atoms with van der Waals surface area (Å²) in [4.78, 5) is 4.61. The van der Waals surface area contributed by atoms with E-state index in [0.29, 0.717) is 16.6 Å². The Morgan fingerprint density at radius 2 is 1.81 bits per heavy atom. The molecule has 0 aliphatic rings. The van der Waals surface area contributed by atoms with Gasteiger partial charge in [-0.25, -0.2) is 0 Å². The van der Waals surface area contributed by atoms with Crippen LogP contribution in [0.1, 0.15) is 11.3 Å². The van der Waals surface area contributed by atoms with Crippen LogP contribution in [0.25, 0.3) is 10.9 Å². The number of nitrogens with one attached hydrogen (secondary N) is 1. The van der Waals surface area contributed by atoms with Gasteiger partial charge in [0, 0.05) is 17.6 Å². The fourth-order valence-electron chi connectivity index (χ4n) is 2.26. The molecule has 3 rings (SSSR count). The smallest absolute Gasteiger partial charge is 0.0936 e. The van der Waals surface area contributed by atoms with Crippen LogP contribution in [0.2, 0.25) is 10.0 Å². The summed E-state index contributed by atoms with van der Waals surface area (Å²) in [5.74, 6) is 0. The third kappa shape index (κ3) is 2.97. The molecule has 106 valence electrons. The lowest BCUT2D eigenvalue weighted by atomic mass is 10.1. The van der Waals surface area contributed by atoms with Gasteiger partial charge in [-0.15, -0.1) is 0 Å². The Hall–Kier alpha value is -1.77. The van der Waals surface area contributed by atoms with E-state index in [1.807, 2.05) is 37.3 Å². The minimum Gasteiger partial charge on any atom is -0.379 e. The highest BCUT2D eigenvalue weighted by atomic mass is 35.5. The van der Waals surface area contributed by atoms with Crippen LogP contribution in [-0.4, -0.2) is 4.98 Å². The number of benzene rings is 2. The Balaban J connectivity index is 1.92. The molecule has 0 fully saturated rings. The second-order valence-electron chi connectivity index (χ2n) is 4.90. The topological polar surface area (TPSA) is 24.9 Å². The molecule has 2 aromatic carbocycles. The van der Waals surface area contributed by atoms with Crippen LogP contribution in [0.3, 0.4) is 0 Å². The zero-order valence-corrected chi connectivity index (χ0v) is 13.0. The molecule has 4 heteroatoms. The SMILES string of the molecule is Cc1ccc2cccc(NCc3cccc(Cl)c3Cl)c2n1. The molecular weight excluding hydrogens is 303 g/mol. The Labute approximate surface area is 133 Å². The molecule has 3 aromatic rings. The standard InChI is InChI=1S/C17H14Cl2N2/c1-11-8-9-12-4-3-7-15(17(12)21-11)20-10-13-5-2-6-14(18)16(13)19/h2-9,20H,10H2,1H3. The van der Waals surface area contributed by atoms with Crippen molar-refractivity contribution < 1.29 is 0 Å². The summed E-state index contributed by atoms with van der Waals surface area (Å²) in [5.41, 5.74) is 3.93. The quantitative estimate of drug-likeness (QED) is 0.693. The lowest BCUT2D eigenvalue weighted by Gasteiger charge is -2.11. The van der Waals surface area contributed by atoms with Gasteiger partial charge in [0.2, 0.25) is 0 Å². The number of pyridine rings is 1. The number of para-hydroxylation sites is 1. The second-order valence-corrected chi connectivity index (χ2v) is 5.68. The molecule has 0 unspecified atom stereocenters.